The SMILES string of the molecule is CCCN(CC1CC1)c1ccc2c3c(cccc13)N(C1CCC(=O)N(C)C1=O)C2=O. The van der Waals surface area contributed by atoms with Crippen LogP contribution in [0.15, 0.2) is 30.3 Å². The summed E-state index contributed by atoms with van der Waals surface area (Å²) in [6, 6.07) is 9.35. The maximum absolute atomic E-state index is 13.4. The molecule has 0 N–H and O–H groups in total. The topological polar surface area (TPSA) is 60.9 Å². The Bertz CT molecular complexity index is 1060. The molecule has 5 rings (SSSR count). The molecule has 1 saturated carbocycles. The number of amides is 3. The van der Waals surface area contributed by atoms with Crippen molar-refractivity contribution in [1.29, 1.82) is 0 Å². The highest BCUT2D eigenvalue weighted by atomic mass is 16.2. The molecule has 2 fully saturated rings. The van der Waals surface area contributed by atoms with E-state index < -0.39 is 6.04 Å². The molecular weight excluding hydrogens is 378 g/mol. The lowest BCUT2D eigenvalue weighted by Gasteiger charge is -2.34. The molecular formula is C24H27N3O3. The van der Waals surface area contributed by atoms with Gasteiger partial charge >= 0.3 is 0 Å². The van der Waals surface area contributed by atoms with E-state index in [1.807, 2.05) is 18.2 Å². The van der Waals surface area contributed by atoms with Crippen LogP contribution in [0.5, 0.6) is 0 Å². The highest BCUT2D eigenvalue weighted by molar-refractivity contribution is 6.28. The largest absolute Gasteiger partial charge is 0.371 e. The van der Waals surface area contributed by atoms with Crippen molar-refractivity contribution in [3.8, 4) is 0 Å². The van der Waals surface area contributed by atoms with E-state index in [-0.39, 0.29) is 24.1 Å². The molecule has 0 radical (unpaired) electrons. The smallest absolute Gasteiger partial charge is 0.259 e. The first-order valence-corrected chi connectivity index (χ1v) is 11.0. The van der Waals surface area contributed by atoms with Crippen LogP contribution in [0.3, 0.4) is 0 Å². The van der Waals surface area contributed by atoms with Crippen molar-refractivity contribution >= 4 is 39.9 Å². The van der Waals surface area contributed by atoms with Crippen LogP contribution in [0.1, 0.15) is 49.4 Å². The summed E-state index contributed by atoms with van der Waals surface area (Å²) in [6.45, 7) is 4.23. The zero-order chi connectivity index (χ0) is 21.0. The standard InChI is InChI=1S/C24H27N3O3/c1-3-13-26(14-15-7-8-15)18-10-9-17-22-16(18)5-4-6-19(22)27(23(17)29)20-11-12-21(28)25(2)24(20)30/h4-6,9-10,15,20H,3,7-8,11-14H2,1-2H3. The summed E-state index contributed by atoms with van der Waals surface area (Å²) >= 11 is 0. The predicted octanol–water partition coefficient (Wildman–Crippen LogP) is 3.57. The summed E-state index contributed by atoms with van der Waals surface area (Å²) < 4.78 is 0. The van der Waals surface area contributed by atoms with Crippen molar-refractivity contribution in [2.75, 3.05) is 29.9 Å². The Labute approximate surface area is 176 Å². The Morgan fingerprint density at radius 2 is 1.87 bits per heavy atom. The molecule has 2 aromatic rings. The number of hydrogen-bond acceptors (Lipinski definition) is 4. The molecule has 1 saturated heterocycles. The number of nitrogens with zero attached hydrogens (tertiary/aromatic N) is 3. The lowest BCUT2D eigenvalue weighted by atomic mass is 10.0. The first-order chi connectivity index (χ1) is 14.5. The van der Waals surface area contributed by atoms with Gasteiger partial charge in [-0.2, -0.15) is 0 Å². The van der Waals surface area contributed by atoms with Crippen molar-refractivity contribution in [1.82, 2.24) is 4.90 Å². The quantitative estimate of drug-likeness (QED) is 0.690. The molecule has 1 atom stereocenters. The van der Waals surface area contributed by atoms with E-state index in [2.05, 4.69) is 24.0 Å². The third kappa shape index (κ3) is 2.89. The number of likely N-dealkylation sites (N-methyl/N-ethyl adjacent to an activating group) is 1. The first-order valence-electron chi connectivity index (χ1n) is 11.0. The Hall–Kier alpha value is -2.89. The highest BCUT2D eigenvalue weighted by Gasteiger charge is 2.43. The van der Waals surface area contributed by atoms with Crippen LogP contribution in [0.4, 0.5) is 11.4 Å². The third-order valence-electron chi connectivity index (χ3n) is 6.65. The maximum Gasteiger partial charge on any atom is 0.259 e. The molecule has 1 unspecified atom stereocenters. The molecule has 156 valence electrons. The van der Waals surface area contributed by atoms with Gasteiger partial charge in [0, 0.05) is 43.0 Å². The van der Waals surface area contributed by atoms with Crippen molar-refractivity contribution in [2.45, 2.75) is 45.1 Å². The van der Waals surface area contributed by atoms with Gasteiger partial charge in [-0.1, -0.05) is 19.1 Å². The van der Waals surface area contributed by atoms with Crippen molar-refractivity contribution < 1.29 is 14.4 Å². The molecule has 0 spiro atoms. The molecule has 6 nitrogen and oxygen atoms in total. The lowest BCUT2D eigenvalue weighted by Crippen LogP contribution is -2.54. The molecule has 1 aliphatic carbocycles. The van der Waals surface area contributed by atoms with Crippen LogP contribution in [-0.4, -0.2) is 48.8 Å². The van der Waals surface area contributed by atoms with Gasteiger partial charge in [0.25, 0.3) is 11.8 Å². The summed E-state index contributed by atoms with van der Waals surface area (Å²) in [6.07, 6.45) is 4.31. The Balaban J connectivity index is 1.59. The summed E-state index contributed by atoms with van der Waals surface area (Å²) in [7, 11) is 1.50. The van der Waals surface area contributed by atoms with Crippen LogP contribution < -0.4 is 9.80 Å². The van der Waals surface area contributed by atoms with E-state index >= 15 is 0 Å². The van der Waals surface area contributed by atoms with Gasteiger partial charge in [-0.25, -0.2) is 0 Å². The van der Waals surface area contributed by atoms with Crippen molar-refractivity contribution in [2.24, 2.45) is 5.92 Å². The lowest BCUT2D eigenvalue weighted by molar-refractivity contribution is -0.147. The Kier molecular flexibility index (Phi) is 4.53. The first kappa shape index (κ1) is 19.1. The maximum atomic E-state index is 13.4. The molecule has 2 aliphatic heterocycles. The van der Waals surface area contributed by atoms with E-state index in [4.69, 9.17) is 0 Å². The van der Waals surface area contributed by atoms with Gasteiger partial charge in [-0.15, -0.1) is 0 Å². The van der Waals surface area contributed by atoms with Crippen LogP contribution in [0, 0.1) is 5.92 Å². The van der Waals surface area contributed by atoms with Gasteiger partial charge in [-0.05, 0) is 49.8 Å². The minimum Gasteiger partial charge on any atom is -0.371 e. The van der Waals surface area contributed by atoms with Gasteiger partial charge in [0.2, 0.25) is 5.91 Å². The van der Waals surface area contributed by atoms with E-state index in [1.165, 1.54) is 25.6 Å². The van der Waals surface area contributed by atoms with Crippen LogP contribution >= 0.6 is 0 Å². The number of likely N-dealkylation sites (tertiary alicyclic amines) is 1. The van der Waals surface area contributed by atoms with Gasteiger partial charge in [0.05, 0.1) is 11.3 Å². The minimum atomic E-state index is -0.625. The second kappa shape index (κ2) is 7.11. The minimum absolute atomic E-state index is 0.141. The van der Waals surface area contributed by atoms with Gasteiger partial charge in [-0.3, -0.25) is 24.2 Å². The summed E-state index contributed by atoms with van der Waals surface area (Å²) in [5.74, 6) is 0.144. The number of hydrogen-bond donors (Lipinski definition) is 0. The summed E-state index contributed by atoms with van der Waals surface area (Å²) in [5, 5.41) is 2.01. The van der Waals surface area contributed by atoms with E-state index in [0.29, 0.717) is 12.0 Å². The fraction of sp³-hybridized carbons (Fsp3) is 0.458. The zero-order valence-electron chi connectivity index (χ0n) is 17.6. The second-order valence-corrected chi connectivity index (χ2v) is 8.74. The zero-order valence-corrected chi connectivity index (χ0v) is 17.6. The molecule has 0 bridgehead atoms. The fourth-order valence-corrected chi connectivity index (χ4v) is 4.90. The number of rotatable bonds is 6. The van der Waals surface area contributed by atoms with Crippen LogP contribution in [-0.2, 0) is 9.59 Å². The number of carbonyl (C=O) groups excluding carboxylic acids is 3. The normalized spacial score (nSPS) is 21.1. The van der Waals surface area contributed by atoms with Gasteiger partial charge in [0.1, 0.15) is 6.04 Å². The second-order valence-electron chi connectivity index (χ2n) is 8.74. The number of anilines is 2. The van der Waals surface area contributed by atoms with Crippen molar-refractivity contribution in [3.05, 3.63) is 35.9 Å². The molecule has 30 heavy (non-hydrogen) atoms. The molecule has 6 heteroatoms. The van der Waals surface area contributed by atoms with Crippen LogP contribution in [0.25, 0.3) is 10.8 Å². The van der Waals surface area contributed by atoms with E-state index in [9.17, 15) is 14.4 Å². The monoisotopic (exact) mass is 405 g/mol. The average molecular weight is 405 g/mol. The van der Waals surface area contributed by atoms with E-state index in [0.717, 1.165) is 46.8 Å². The molecule has 0 aromatic heterocycles. The summed E-state index contributed by atoms with van der Waals surface area (Å²) in [4.78, 5) is 43.4. The number of imide groups is 1. The van der Waals surface area contributed by atoms with Gasteiger partial charge < -0.3 is 4.90 Å². The average Bonchev–Trinajstić information content (AvgIpc) is 3.52. The fourth-order valence-electron chi connectivity index (χ4n) is 4.90. The highest BCUT2D eigenvalue weighted by Crippen LogP contribution is 2.44. The number of carbonyl (C=O) groups is 3. The predicted molar refractivity (Wildman–Crippen MR) is 117 cm³/mol. The Morgan fingerprint density at radius 1 is 1.07 bits per heavy atom. The number of benzene rings is 2. The van der Waals surface area contributed by atoms with Crippen molar-refractivity contribution in [3.63, 3.8) is 0 Å². The molecule has 3 amide bonds. The van der Waals surface area contributed by atoms with Gasteiger partial charge in [0.15, 0.2) is 0 Å². The third-order valence-corrected chi connectivity index (χ3v) is 6.65. The van der Waals surface area contributed by atoms with E-state index in [1.54, 1.807) is 4.90 Å². The molecule has 3 aliphatic rings. The Morgan fingerprint density at radius 3 is 2.60 bits per heavy atom. The molecule has 2 aromatic carbocycles. The van der Waals surface area contributed by atoms with Crippen LogP contribution in [0.2, 0.25) is 0 Å². The number of piperidine rings is 1. The summed E-state index contributed by atoms with van der Waals surface area (Å²) in [5.41, 5.74) is 2.61. The molecule has 2 heterocycles.